The van der Waals surface area contributed by atoms with Crippen LogP contribution in [0.3, 0.4) is 0 Å². The van der Waals surface area contributed by atoms with Gasteiger partial charge in [0.15, 0.2) is 5.78 Å². The number of hydrogen-bond donors (Lipinski definition) is 1. The molecule has 0 spiro atoms. The molecule has 0 unspecified atom stereocenters. The first-order chi connectivity index (χ1) is 29.2. The number of aryl methyl sites for hydroxylation is 1. The lowest BCUT2D eigenvalue weighted by Gasteiger charge is -2.33. The lowest BCUT2D eigenvalue weighted by molar-refractivity contribution is -0.257. The van der Waals surface area contributed by atoms with Gasteiger partial charge >= 0.3 is 12.1 Å². The first kappa shape index (κ1) is 34.7. The van der Waals surface area contributed by atoms with Crippen LogP contribution in [-0.2, 0) is 40.5 Å². The molecule has 0 bridgehead atoms. The molecule has 3 fully saturated rings. The van der Waals surface area contributed by atoms with Crippen LogP contribution < -0.4 is 15.0 Å². The molecule has 1 aromatic heterocycles. The predicted molar refractivity (Wildman–Crippen MR) is 202 cm³/mol. The lowest BCUT2D eigenvalue weighted by Crippen LogP contribution is -2.48. The highest BCUT2D eigenvalue weighted by molar-refractivity contribution is 7.90. The molecular formula is C40H51F3N4O9S. The molecule has 312 valence electrons. The summed E-state index contributed by atoms with van der Waals surface area (Å²) in [5, 5.41) is 4.19. The Morgan fingerprint density at radius 1 is 1.07 bits per heavy atom. The van der Waals surface area contributed by atoms with Crippen molar-refractivity contribution in [3.63, 3.8) is 0 Å². The highest BCUT2D eigenvalue weighted by atomic mass is 32.2. The van der Waals surface area contributed by atoms with Crippen molar-refractivity contribution in [1.82, 2.24) is 19.4 Å². The maximum Gasteiger partial charge on any atom is 0.427 e. The van der Waals surface area contributed by atoms with E-state index in [1.807, 2.05) is 6.92 Å². The number of ketones is 1. The molecule has 7 atom stereocenters. The van der Waals surface area contributed by atoms with E-state index in [-0.39, 0.29) is 49.5 Å². The fourth-order valence-corrected chi connectivity index (χ4v) is 9.48. The van der Waals surface area contributed by atoms with E-state index in [1.165, 1.54) is 0 Å². The number of esters is 1. The molecule has 1 aromatic carbocycles. The Bertz CT molecular complexity index is 2300. The summed E-state index contributed by atoms with van der Waals surface area (Å²) in [6.07, 6.45) is -3.58. The van der Waals surface area contributed by atoms with Gasteiger partial charge in [-0.25, -0.2) is 13.1 Å². The fourth-order valence-electron chi connectivity index (χ4n) is 8.10. The van der Waals surface area contributed by atoms with Crippen LogP contribution in [0, 0.1) is 29.1 Å². The Kier molecular flexibility index (Phi) is 9.64. The second-order valence-electron chi connectivity index (χ2n) is 16.0. The van der Waals surface area contributed by atoms with E-state index in [4.69, 9.17) is 13.0 Å². The number of fused-ring (bicyclic) bond motifs is 3. The number of ether oxygens (including phenoxy) is 2. The van der Waals surface area contributed by atoms with Gasteiger partial charge in [-0.2, -0.15) is 13.2 Å². The molecule has 57 heavy (non-hydrogen) atoms. The lowest BCUT2D eigenvalue weighted by atomic mass is 9.82. The molecule has 2 aromatic rings. The van der Waals surface area contributed by atoms with Gasteiger partial charge in [0.05, 0.1) is 46.4 Å². The van der Waals surface area contributed by atoms with Crippen LogP contribution in [0.4, 0.5) is 13.2 Å². The van der Waals surface area contributed by atoms with Crippen LogP contribution in [0.5, 0.6) is 5.88 Å². The number of carbonyl (C=O) groups is 4. The summed E-state index contributed by atoms with van der Waals surface area (Å²) in [7, 11) is -4.04. The van der Waals surface area contributed by atoms with Crippen LogP contribution in [0.15, 0.2) is 41.2 Å². The largest absolute Gasteiger partial charge is 0.471 e. The Morgan fingerprint density at radius 2 is 1.77 bits per heavy atom. The van der Waals surface area contributed by atoms with Crippen molar-refractivity contribution in [1.29, 1.82) is 0 Å². The number of carbonyl (C=O) groups excluding carboxylic acids is 4. The third kappa shape index (κ3) is 8.92. The van der Waals surface area contributed by atoms with E-state index in [9.17, 15) is 45.6 Å². The number of sulfonamides is 1. The molecule has 17 heteroatoms. The zero-order valence-corrected chi connectivity index (χ0v) is 32.7. The summed E-state index contributed by atoms with van der Waals surface area (Å²) >= 11 is 0. The zero-order chi connectivity index (χ0) is 46.7. The quantitative estimate of drug-likeness (QED) is 0.261. The van der Waals surface area contributed by atoms with Crippen molar-refractivity contribution >= 4 is 44.4 Å². The standard InChI is InChI=1S/C40H51F3N4O9S/c1-6-47-36(51)29-14-10-9-13-28(29)34(44-47)55-26-18-31-32(48)21-39(37(52)45-57(53,54)27-15-16-27)20-25(39)12-8-7-11-23(2)17-24(3)30(35(50)46(31)22-26)19-33(49)56-38(4,5)40(41,42)43/h8-10,12-14,23-27,30-31H,6-7,11,15-22H2,1-5H3,(H,45,52)/b12-8-/t23-,24+,25+,26+,30-,31-,39+/m0/s1/i4D3,5D3. The summed E-state index contributed by atoms with van der Waals surface area (Å²) in [5.74, 6) is -7.62. The van der Waals surface area contributed by atoms with E-state index in [0.717, 1.165) is 9.58 Å². The van der Waals surface area contributed by atoms with E-state index < -0.39 is 118 Å². The molecule has 2 aliphatic carbocycles. The van der Waals surface area contributed by atoms with Crippen LogP contribution in [0.1, 0.15) is 100 Å². The molecule has 3 heterocycles. The van der Waals surface area contributed by atoms with Crippen molar-refractivity contribution in [2.45, 2.75) is 128 Å². The zero-order valence-electron chi connectivity index (χ0n) is 37.8. The molecule has 2 aliphatic heterocycles. The Hall–Kier alpha value is -4.28. The smallest absolute Gasteiger partial charge is 0.427 e. The number of nitrogens with one attached hydrogen (secondary N) is 1. The number of amides is 2. The van der Waals surface area contributed by atoms with Gasteiger partial charge in [0, 0.05) is 27.6 Å². The van der Waals surface area contributed by atoms with Crippen LogP contribution in [0.2, 0.25) is 0 Å². The van der Waals surface area contributed by atoms with Crippen molar-refractivity contribution in [2.24, 2.45) is 29.1 Å². The number of aromatic nitrogens is 2. The molecule has 1 N–H and O–H groups in total. The van der Waals surface area contributed by atoms with Gasteiger partial charge in [0.25, 0.3) is 5.56 Å². The molecule has 2 amide bonds. The normalized spacial score (nSPS) is 31.4. The minimum atomic E-state index is -6.12. The van der Waals surface area contributed by atoms with Gasteiger partial charge in [0.1, 0.15) is 6.10 Å². The van der Waals surface area contributed by atoms with E-state index >= 15 is 0 Å². The number of nitrogens with zero attached hydrogens (tertiary/aromatic N) is 3. The minimum absolute atomic E-state index is 0.0200. The monoisotopic (exact) mass is 826 g/mol. The molecule has 6 rings (SSSR count). The fraction of sp³-hybridized carbons (Fsp3) is 0.650. The number of allylic oxidation sites excluding steroid dienone is 2. The third-order valence-corrected chi connectivity index (χ3v) is 13.4. The first-order valence-electron chi connectivity index (χ1n) is 22.2. The first-order valence-corrected chi connectivity index (χ1v) is 20.7. The highest BCUT2D eigenvalue weighted by Gasteiger charge is 2.62. The number of hydrogen-bond acceptors (Lipinski definition) is 10. The average Bonchev–Trinajstić information content (AvgIpc) is 4.10. The molecule has 2 saturated carbocycles. The van der Waals surface area contributed by atoms with E-state index in [0.29, 0.717) is 31.1 Å². The molecular weight excluding hydrogens is 770 g/mol. The van der Waals surface area contributed by atoms with Gasteiger partial charge in [-0.15, -0.1) is 5.10 Å². The minimum Gasteiger partial charge on any atom is -0.471 e. The second-order valence-corrected chi connectivity index (χ2v) is 18.0. The second kappa shape index (κ2) is 15.8. The van der Waals surface area contributed by atoms with Crippen LogP contribution in [0.25, 0.3) is 10.8 Å². The van der Waals surface area contributed by atoms with Crippen molar-refractivity contribution < 1.29 is 58.5 Å². The SMILES string of the molecule is [2H]C([2H])([2H])C(OC(=O)C[C@@H]1C(=O)N2C[C@H](Oc3nn(CC)c(=O)c4ccccc34)C[C@H]2C(=O)C[C@]2(C(=O)NS(=O)(=O)C3CC3)C[C@H]2/C=C\CC[C@H](C)C[C@H]1C)(C([2H])([2H])[2H])C(F)(F)F. The molecule has 1 saturated heterocycles. The summed E-state index contributed by atoms with van der Waals surface area (Å²) < 4.78 is 129. The van der Waals surface area contributed by atoms with Crippen molar-refractivity contribution in [2.75, 3.05) is 6.54 Å². The third-order valence-electron chi connectivity index (χ3n) is 11.6. The predicted octanol–water partition coefficient (Wildman–Crippen LogP) is 5.24. The Labute approximate surface area is 338 Å². The summed E-state index contributed by atoms with van der Waals surface area (Å²) in [5.41, 5.74) is -6.87. The topological polar surface area (TPSA) is 171 Å². The van der Waals surface area contributed by atoms with Crippen molar-refractivity contribution in [3.8, 4) is 5.88 Å². The van der Waals surface area contributed by atoms with Gasteiger partial charge in [0.2, 0.25) is 33.3 Å². The Balaban J connectivity index is 1.40. The Morgan fingerprint density at radius 3 is 2.42 bits per heavy atom. The maximum atomic E-state index is 15.0. The van der Waals surface area contributed by atoms with E-state index in [1.54, 1.807) is 50.3 Å². The summed E-state index contributed by atoms with van der Waals surface area (Å²) in [4.78, 5) is 71.4. The van der Waals surface area contributed by atoms with Gasteiger partial charge in [-0.3, -0.25) is 28.7 Å². The number of benzene rings is 1. The van der Waals surface area contributed by atoms with E-state index in [2.05, 4.69) is 14.6 Å². The van der Waals surface area contributed by atoms with Gasteiger partial charge < -0.3 is 14.4 Å². The number of Topliss-reactive ketones (excluding diaryl/α,β-unsaturated/α-hetero) is 1. The maximum absolute atomic E-state index is 15.0. The van der Waals surface area contributed by atoms with Crippen LogP contribution in [-0.4, -0.2) is 82.4 Å². The number of halogens is 3. The molecule has 4 aliphatic rings. The van der Waals surface area contributed by atoms with Gasteiger partial charge in [-0.1, -0.05) is 38.1 Å². The highest BCUT2D eigenvalue weighted by Crippen LogP contribution is 2.57. The van der Waals surface area contributed by atoms with Crippen molar-refractivity contribution in [3.05, 3.63) is 46.8 Å². The number of alkyl halides is 3. The van der Waals surface area contributed by atoms with Crippen LogP contribution >= 0.6 is 0 Å². The summed E-state index contributed by atoms with van der Waals surface area (Å²) in [6, 6.07) is 5.03. The summed E-state index contributed by atoms with van der Waals surface area (Å²) in [6.45, 7) is -4.02. The number of rotatable bonds is 9. The molecule has 13 nitrogen and oxygen atoms in total. The molecule has 0 radical (unpaired) electrons. The van der Waals surface area contributed by atoms with Gasteiger partial charge in [-0.05, 0) is 89.0 Å². The average molecular weight is 827 g/mol.